The first-order valence-corrected chi connectivity index (χ1v) is 8.00. The molecular formula is C20H16N2O3. The van der Waals surface area contributed by atoms with Crippen LogP contribution >= 0.6 is 0 Å². The average Bonchev–Trinajstić information content (AvgIpc) is 2.59. The van der Waals surface area contributed by atoms with Crippen molar-refractivity contribution in [1.82, 2.24) is 9.97 Å². The summed E-state index contributed by atoms with van der Waals surface area (Å²) in [6.07, 6.45) is 0. The van der Waals surface area contributed by atoms with E-state index in [-0.39, 0.29) is 5.63 Å². The lowest BCUT2D eigenvalue weighted by Crippen LogP contribution is -2.04. The van der Waals surface area contributed by atoms with Crippen LogP contribution < -0.4 is 10.4 Å². The lowest BCUT2D eigenvalue weighted by atomic mass is 10.1. The molecule has 0 atom stereocenters. The molecule has 0 aliphatic rings. The molecule has 0 saturated carbocycles. The SMILES string of the molecule is Cc1nc2ccccc2nc1COc1ccc2c(C)cc(=O)oc2c1. The number of nitrogens with zero attached hydrogens (tertiary/aromatic N) is 2. The second kappa shape index (κ2) is 6.02. The molecule has 0 aliphatic heterocycles. The summed E-state index contributed by atoms with van der Waals surface area (Å²) in [6.45, 7) is 4.10. The summed E-state index contributed by atoms with van der Waals surface area (Å²) in [4.78, 5) is 20.7. The molecule has 5 heteroatoms. The molecule has 0 aliphatic carbocycles. The predicted octanol–water partition coefficient (Wildman–Crippen LogP) is 3.93. The number of para-hydroxylation sites is 2. The average molecular weight is 332 g/mol. The Kier molecular flexibility index (Phi) is 3.69. The van der Waals surface area contributed by atoms with Crippen molar-refractivity contribution in [3.63, 3.8) is 0 Å². The van der Waals surface area contributed by atoms with Crippen molar-refractivity contribution < 1.29 is 9.15 Å². The van der Waals surface area contributed by atoms with Crippen LogP contribution in [0, 0.1) is 13.8 Å². The molecule has 2 aromatic heterocycles. The molecule has 0 saturated heterocycles. The van der Waals surface area contributed by atoms with Gasteiger partial charge in [-0.25, -0.2) is 14.8 Å². The number of fused-ring (bicyclic) bond motifs is 2. The van der Waals surface area contributed by atoms with Crippen molar-refractivity contribution >= 4 is 22.0 Å². The number of aromatic nitrogens is 2. The molecule has 0 radical (unpaired) electrons. The topological polar surface area (TPSA) is 65.2 Å². The molecule has 5 nitrogen and oxygen atoms in total. The van der Waals surface area contributed by atoms with Gasteiger partial charge in [0.2, 0.25) is 0 Å². The van der Waals surface area contributed by atoms with E-state index in [1.807, 2.05) is 50.2 Å². The molecule has 0 N–H and O–H groups in total. The van der Waals surface area contributed by atoms with Gasteiger partial charge in [0.05, 0.1) is 22.4 Å². The second-order valence-corrected chi connectivity index (χ2v) is 5.94. The van der Waals surface area contributed by atoms with Gasteiger partial charge < -0.3 is 9.15 Å². The zero-order valence-corrected chi connectivity index (χ0v) is 13.9. The first-order chi connectivity index (χ1) is 12.1. The van der Waals surface area contributed by atoms with Gasteiger partial charge in [0.15, 0.2) is 0 Å². The summed E-state index contributed by atoms with van der Waals surface area (Å²) < 4.78 is 11.1. The van der Waals surface area contributed by atoms with E-state index in [4.69, 9.17) is 9.15 Å². The Balaban J connectivity index is 1.64. The molecule has 0 fully saturated rings. The third-order valence-electron chi connectivity index (χ3n) is 4.14. The number of benzene rings is 2. The van der Waals surface area contributed by atoms with E-state index < -0.39 is 0 Å². The minimum Gasteiger partial charge on any atom is -0.487 e. The highest BCUT2D eigenvalue weighted by atomic mass is 16.5. The Morgan fingerprint density at radius 1 is 1.00 bits per heavy atom. The Bertz CT molecular complexity index is 1150. The largest absolute Gasteiger partial charge is 0.487 e. The number of hydrogen-bond acceptors (Lipinski definition) is 5. The molecule has 4 rings (SSSR count). The van der Waals surface area contributed by atoms with E-state index in [1.54, 1.807) is 6.07 Å². The first kappa shape index (κ1) is 15.3. The molecule has 124 valence electrons. The highest BCUT2D eigenvalue weighted by molar-refractivity contribution is 5.81. The smallest absolute Gasteiger partial charge is 0.336 e. The van der Waals surface area contributed by atoms with Gasteiger partial charge in [-0.3, -0.25) is 0 Å². The monoisotopic (exact) mass is 332 g/mol. The van der Waals surface area contributed by atoms with Crippen molar-refractivity contribution in [2.45, 2.75) is 20.5 Å². The zero-order chi connectivity index (χ0) is 17.4. The van der Waals surface area contributed by atoms with Gasteiger partial charge in [-0.2, -0.15) is 0 Å². The maximum Gasteiger partial charge on any atom is 0.336 e. The van der Waals surface area contributed by atoms with Crippen LogP contribution in [0.3, 0.4) is 0 Å². The molecule has 0 unspecified atom stereocenters. The van der Waals surface area contributed by atoms with Crippen molar-refractivity contribution in [3.8, 4) is 5.75 Å². The third kappa shape index (κ3) is 2.96. The van der Waals surface area contributed by atoms with Gasteiger partial charge in [0.1, 0.15) is 17.9 Å². The van der Waals surface area contributed by atoms with Crippen molar-refractivity contribution in [3.05, 3.63) is 75.9 Å². The number of ether oxygens (including phenoxy) is 1. The van der Waals surface area contributed by atoms with Crippen LogP contribution in [0.2, 0.25) is 0 Å². The van der Waals surface area contributed by atoms with E-state index in [1.165, 1.54) is 6.07 Å². The molecule has 0 bridgehead atoms. The number of hydrogen-bond donors (Lipinski definition) is 0. The van der Waals surface area contributed by atoms with E-state index >= 15 is 0 Å². The maximum atomic E-state index is 11.5. The van der Waals surface area contributed by atoms with E-state index in [2.05, 4.69) is 9.97 Å². The van der Waals surface area contributed by atoms with Gasteiger partial charge in [-0.1, -0.05) is 12.1 Å². The van der Waals surface area contributed by atoms with Crippen molar-refractivity contribution in [2.75, 3.05) is 0 Å². The molecule has 0 spiro atoms. The van der Waals surface area contributed by atoms with Crippen LogP contribution in [0.1, 0.15) is 17.0 Å². The van der Waals surface area contributed by atoms with Crippen LogP contribution in [0.4, 0.5) is 0 Å². The van der Waals surface area contributed by atoms with Crippen LogP contribution in [-0.2, 0) is 6.61 Å². The standard InChI is InChI=1S/C20H16N2O3/c1-12-9-20(23)25-19-10-14(7-8-15(12)19)24-11-18-13(2)21-16-5-3-4-6-17(16)22-18/h3-10H,11H2,1-2H3. The van der Waals surface area contributed by atoms with Crippen LogP contribution in [0.15, 0.2) is 57.7 Å². The molecule has 2 heterocycles. The summed E-state index contributed by atoms with van der Waals surface area (Å²) >= 11 is 0. The van der Waals surface area contributed by atoms with Crippen LogP contribution in [0.5, 0.6) is 5.75 Å². The van der Waals surface area contributed by atoms with Crippen LogP contribution in [0.25, 0.3) is 22.0 Å². The lowest BCUT2D eigenvalue weighted by molar-refractivity contribution is 0.300. The van der Waals surface area contributed by atoms with Crippen molar-refractivity contribution in [2.24, 2.45) is 0 Å². The summed E-state index contributed by atoms with van der Waals surface area (Å²) in [5.41, 5.74) is 4.36. The van der Waals surface area contributed by atoms with Gasteiger partial charge >= 0.3 is 5.63 Å². The molecule has 4 aromatic rings. The maximum absolute atomic E-state index is 11.5. The first-order valence-electron chi connectivity index (χ1n) is 8.00. The Morgan fingerprint density at radius 3 is 2.56 bits per heavy atom. The van der Waals surface area contributed by atoms with E-state index in [0.717, 1.165) is 33.4 Å². The molecule has 2 aromatic carbocycles. The Labute approximate surface area is 143 Å². The fraction of sp³-hybridized carbons (Fsp3) is 0.150. The normalized spacial score (nSPS) is 11.1. The van der Waals surface area contributed by atoms with E-state index in [9.17, 15) is 4.79 Å². The number of rotatable bonds is 3. The zero-order valence-electron chi connectivity index (χ0n) is 13.9. The Morgan fingerprint density at radius 2 is 1.76 bits per heavy atom. The molecule has 0 amide bonds. The quantitative estimate of drug-likeness (QED) is 0.532. The molecular weight excluding hydrogens is 316 g/mol. The summed E-state index contributed by atoms with van der Waals surface area (Å²) in [7, 11) is 0. The van der Waals surface area contributed by atoms with Gasteiger partial charge in [-0.15, -0.1) is 0 Å². The lowest BCUT2D eigenvalue weighted by Gasteiger charge is -2.09. The van der Waals surface area contributed by atoms with E-state index in [0.29, 0.717) is 17.9 Å². The predicted molar refractivity (Wildman–Crippen MR) is 95.8 cm³/mol. The Hall–Kier alpha value is -3.21. The fourth-order valence-electron chi connectivity index (χ4n) is 2.81. The van der Waals surface area contributed by atoms with Gasteiger partial charge in [0, 0.05) is 17.5 Å². The molecule has 25 heavy (non-hydrogen) atoms. The second-order valence-electron chi connectivity index (χ2n) is 5.94. The van der Waals surface area contributed by atoms with Gasteiger partial charge in [-0.05, 0) is 43.7 Å². The highest BCUT2D eigenvalue weighted by Crippen LogP contribution is 2.23. The summed E-state index contributed by atoms with van der Waals surface area (Å²) in [5.74, 6) is 0.621. The minimum atomic E-state index is -0.363. The summed E-state index contributed by atoms with van der Waals surface area (Å²) in [6, 6.07) is 14.7. The highest BCUT2D eigenvalue weighted by Gasteiger charge is 2.08. The van der Waals surface area contributed by atoms with Crippen LogP contribution in [-0.4, -0.2) is 9.97 Å². The summed E-state index contributed by atoms with van der Waals surface area (Å²) in [5, 5.41) is 0.897. The fourth-order valence-corrected chi connectivity index (χ4v) is 2.81. The van der Waals surface area contributed by atoms with Gasteiger partial charge in [0.25, 0.3) is 0 Å². The van der Waals surface area contributed by atoms with Crippen molar-refractivity contribution in [1.29, 1.82) is 0 Å². The number of aryl methyl sites for hydroxylation is 2. The third-order valence-corrected chi connectivity index (χ3v) is 4.14. The minimum absolute atomic E-state index is 0.297.